The summed E-state index contributed by atoms with van der Waals surface area (Å²) >= 11 is 6.89. The van der Waals surface area contributed by atoms with Gasteiger partial charge in [-0.1, -0.05) is 6.07 Å². The second-order valence-electron chi connectivity index (χ2n) is 4.12. The van der Waals surface area contributed by atoms with Crippen LogP contribution in [0.4, 0.5) is 10.1 Å². The zero-order valence-corrected chi connectivity index (χ0v) is 13.0. The summed E-state index contributed by atoms with van der Waals surface area (Å²) in [6.45, 7) is 2.54. The van der Waals surface area contributed by atoms with Crippen molar-refractivity contribution in [1.29, 1.82) is 0 Å². The number of aryl methyl sites for hydroxylation is 1. The van der Waals surface area contributed by atoms with Crippen LogP contribution in [0, 0.1) is 12.7 Å². The Morgan fingerprint density at radius 1 is 1.06 bits per heavy atom. The lowest BCUT2D eigenvalue weighted by Gasteiger charge is -2.08. The Balaban J connectivity index is 2.08. The smallest absolute Gasteiger partial charge is 0.125 e. The predicted octanol–water partition coefficient (Wildman–Crippen LogP) is 5.27. The molecule has 94 valence electrons. The number of anilines is 1. The minimum Gasteiger partial charge on any atom is -0.381 e. The standard InChI is InChI=1S/C14H12Br2FN/c1-9-4-11(17)7-12(5-9)18-8-10-2-3-13(15)14(16)6-10/h2-7,18H,8H2,1H3. The summed E-state index contributed by atoms with van der Waals surface area (Å²) in [5, 5.41) is 3.21. The van der Waals surface area contributed by atoms with Crippen molar-refractivity contribution in [3.63, 3.8) is 0 Å². The largest absolute Gasteiger partial charge is 0.381 e. The Bertz CT molecular complexity index is 549. The highest BCUT2D eigenvalue weighted by atomic mass is 79.9. The Kier molecular flexibility index (Phi) is 4.40. The minimum absolute atomic E-state index is 0.213. The van der Waals surface area contributed by atoms with E-state index in [2.05, 4.69) is 37.2 Å². The Morgan fingerprint density at radius 2 is 1.83 bits per heavy atom. The van der Waals surface area contributed by atoms with Gasteiger partial charge in [0.1, 0.15) is 5.82 Å². The van der Waals surface area contributed by atoms with Crippen molar-refractivity contribution < 1.29 is 4.39 Å². The molecule has 0 radical (unpaired) electrons. The van der Waals surface area contributed by atoms with E-state index in [1.54, 1.807) is 0 Å². The third-order valence-corrected chi connectivity index (χ3v) is 4.40. The Labute approximate surface area is 123 Å². The van der Waals surface area contributed by atoms with Crippen LogP contribution in [0.5, 0.6) is 0 Å². The van der Waals surface area contributed by atoms with Crippen molar-refractivity contribution >= 4 is 37.5 Å². The molecule has 2 aromatic carbocycles. The van der Waals surface area contributed by atoms with Gasteiger partial charge in [0.15, 0.2) is 0 Å². The van der Waals surface area contributed by atoms with E-state index >= 15 is 0 Å². The molecule has 0 spiro atoms. The average Bonchev–Trinajstić information content (AvgIpc) is 2.29. The van der Waals surface area contributed by atoms with Crippen molar-refractivity contribution in [3.05, 3.63) is 62.3 Å². The zero-order chi connectivity index (χ0) is 13.1. The third kappa shape index (κ3) is 3.56. The minimum atomic E-state index is -0.213. The summed E-state index contributed by atoms with van der Waals surface area (Å²) in [5.41, 5.74) is 2.84. The summed E-state index contributed by atoms with van der Waals surface area (Å²) < 4.78 is 15.2. The Morgan fingerprint density at radius 3 is 2.50 bits per heavy atom. The molecule has 0 fully saturated rings. The second-order valence-corrected chi connectivity index (χ2v) is 5.83. The molecule has 2 rings (SSSR count). The van der Waals surface area contributed by atoms with Gasteiger partial charge in [0.05, 0.1) is 0 Å². The summed E-state index contributed by atoms with van der Waals surface area (Å²) in [6.07, 6.45) is 0. The second kappa shape index (κ2) is 5.85. The molecule has 0 saturated carbocycles. The van der Waals surface area contributed by atoms with E-state index in [4.69, 9.17) is 0 Å². The van der Waals surface area contributed by atoms with Gasteiger partial charge in [0.2, 0.25) is 0 Å². The Hall–Kier alpha value is -0.870. The molecule has 0 heterocycles. The van der Waals surface area contributed by atoms with Crippen LogP contribution in [0.2, 0.25) is 0 Å². The van der Waals surface area contributed by atoms with Crippen LogP contribution in [0.25, 0.3) is 0 Å². The molecule has 2 aromatic rings. The van der Waals surface area contributed by atoms with Crippen LogP contribution in [-0.2, 0) is 6.54 Å². The van der Waals surface area contributed by atoms with Crippen molar-refractivity contribution in [2.24, 2.45) is 0 Å². The number of nitrogens with one attached hydrogen (secondary N) is 1. The number of hydrogen-bond donors (Lipinski definition) is 1. The van der Waals surface area contributed by atoms with E-state index in [-0.39, 0.29) is 5.82 Å². The summed E-state index contributed by atoms with van der Waals surface area (Å²) in [4.78, 5) is 0. The van der Waals surface area contributed by atoms with Gasteiger partial charge in [0.25, 0.3) is 0 Å². The van der Waals surface area contributed by atoms with Crippen LogP contribution >= 0.6 is 31.9 Å². The molecule has 0 aliphatic heterocycles. The monoisotopic (exact) mass is 371 g/mol. The molecule has 0 aromatic heterocycles. The summed E-state index contributed by atoms with van der Waals surface area (Å²) in [5.74, 6) is -0.213. The van der Waals surface area contributed by atoms with Crippen LogP contribution in [0.15, 0.2) is 45.3 Å². The maximum atomic E-state index is 13.2. The van der Waals surface area contributed by atoms with Gasteiger partial charge in [-0.05, 0) is 80.2 Å². The summed E-state index contributed by atoms with van der Waals surface area (Å²) in [6, 6.07) is 11.0. The molecule has 0 aliphatic carbocycles. The number of halogens is 3. The van der Waals surface area contributed by atoms with Gasteiger partial charge in [0, 0.05) is 21.2 Å². The summed E-state index contributed by atoms with van der Waals surface area (Å²) in [7, 11) is 0. The maximum absolute atomic E-state index is 13.2. The fourth-order valence-electron chi connectivity index (χ4n) is 1.69. The lowest BCUT2D eigenvalue weighted by molar-refractivity contribution is 0.627. The quantitative estimate of drug-likeness (QED) is 0.773. The van der Waals surface area contributed by atoms with Crippen molar-refractivity contribution in [2.75, 3.05) is 5.32 Å². The lowest BCUT2D eigenvalue weighted by Crippen LogP contribution is -2.00. The van der Waals surface area contributed by atoms with Gasteiger partial charge in [-0.2, -0.15) is 0 Å². The highest BCUT2D eigenvalue weighted by Crippen LogP contribution is 2.24. The number of hydrogen-bond acceptors (Lipinski definition) is 1. The topological polar surface area (TPSA) is 12.0 Å². The predicted molar refractivity (Wildman–Crippen MR) is 80.3 cm³/mol. The van der Waals surface area contributed by atoms with Crippen LogP contribution in [-0.4, -0.2) is 0 Å². The molecule has 0 amide bonds. The van der Waals surface area contributed by atoms with Gasteiger partial charge in [-0.3, -0.25) is 0 Å². The average molecular weight is 373 g/mol. The third-order valence-electron chi connectivity index (χ3n) is 2.52. The molecule has 1 nitrogen and oxygen atoms in total. The molecular formula is C14H12Br2FN. The van der Waals surface area contributed by atoms with Crippen LogP contribution in [0.3, 0.4) is 0 Å². The van der Waals surface area contributed by atoms with Crippen molar-refractivity contribution in [2.45, 2.75) is 13.5 Å². The van der Waals surface area contributed by atoms with Crippen molar-refractivity contribution in [3.8, 4) is 0 Å². The fourth-order valence-corrected chi connectivity index (χ4v) is 2.36. The van der Waals surface area contributed by atoms with Gasteiger partial charge >= 0.3 is 0 Å². The first kappa shape index (κ1) is 13.6. The molecule has 0 bridgehead atoms. The van der Waals surface area contributed by atoms with Crippen LogP contribution < -0.4 is 5.32 Å². The van der Waals surface area contributed by atoms with E-state index < -0.39 is 0 Å². The number of rotatable bonds is 3. The normalized spacial score (nSPS) is 10.4. The molecule has 0 saturated heterocycles. The highest BCUT2D eigenvalue weighted by Gasteiger charge is 2.01. The van der Waals surface area contributed by atoms with Crippen molar-refractivity contribution in [1.82, 2.24) is 0 Å². The molecule has 4 heteroatoms. The first-order valence-corrected chi connectivity index (χ1v) is 7.08. The van der Waals surface area contributed by atoms with Gasteiger partial charge in [-0.25, -0.2) is 4.39 Å². The number of benzene rings is 2. The van der Waals surface area contributed by atoms with Gasteiger partial charge < -0.3 is 5.32 Å². The lowest BCUT2D eigenvalue weighted by atomic mass is 10.2. The van der Waals surface area contributed by atoms with E-state index in [1.165, 1.54) is 12.1 Å². The first-order valence-electron chi connectivity index (χ1n) is 5.49. The zero-order valence-electron chi connectivity index (χ0n) is 9.81. The first-order chi connectivity index (χ1) is 8.54. The van der Waals surface area contributed by atoms with Gasteiger partial charge in [-0.15, -0.1) is 0 Å². The van der Waals surface area contributed by atoms with E-state index in [0.29, 0.717) is 6.54 Å². The van der Waals surface area contributed by atoms with E-state index in [0.717, 1.165) is 25.8 Å². The molecular weight excluding hydrogens is 361 g/mol. The molecule has 0 unspecified atom stereocenters. The van der Waals surface area contributed by atoms with Crippen LogP contribution in [0.1, 0.15) is 11.1 Å². The maximum Gasteiger partial charge on any atom is 0.125 e. The molecule has 0 atom stereocenters. The van der Waals surface area contributed by atoms with E-state index in [1.807, 2.05) is 31.2 Å². The molecule has 0 aliphatic rings. The highest BCUT2D eigenvalue weighted by molar-refractivity contribution is 9.13. The molecule has 1 N–H and O–H groups in total. The van der Waals surface area contributed by atoms with E-state index in [9.17, 15) is 4.39 Å². The SMILES string of the molecule is Cc1cc(F)cc(NCc2ccc(Br)c(Br)c2)c1. The molecule has 18 heavy (non-hydrogen) atoms. The fraction of sp³-hybridized carbons (Fsp3) is 0.143.